The lowest BCUT2D eigenvalue weighted by Crippen LogP contribution is -2.37. The molecule has 23 heavy (non-hydrogen) atoms. The molecule has 2 rings (SSSR count). The molecule has 0 saturated heterocycles. The third-order valence-electron chi connectivity index (χ3n) is 3.06. The quantitative estimate of drug-likeness (QED) is 0.566. The Morgan fingerprint density at radius 1 is 1.48 bits per heavy atom. The summed E-state index contributed by atoms with van der Waals surface area (Å²) in [6.07, 6.45) is 2.26. The molecule has 0 aliphatic heterocycles. The summed E-state index contributed by atoms with van der Waals surface area (Å²) >= 11 is 0. The molecule has 0 saturated carbocycles. The molecule has 4 N–H and O–H groups in total. The maximum Gasteiger partial charge on any atom is 0.262 e. The lowest BCUT2D eigenvalue weighted by atomic mass is 9.94. The number of halogens is 1. The predicted octanol–water partition coefficient (Wildman–Crippen LogP) is 1.14. The largest absolute Gasteiger partial charge is 0.507 e. The Morgan fingerprint density at radius 3 is 2.83 bits per heavy atom. The van der Waals surface area contributed by atoms with E-state index in [1.54, 1.807) is 0 Å². The molecule has 2 aromatic rings. The third-order valence-corrected chi connectivity index (χ3v) is 3.06. The zero-order valence-corrected chi connectivity index (χ0v) is 12.0. The minimum atomic E-state index is -0.811. The number of benzene rings is 1. The molecule has 0 aliphatic carbocycles. The number of pyridine rings is 1. The predicted molar refractivity (Wildman–Crippen MR) is 81.0 cm³/mol. The van der Waals surface area contributed by atoms with Gasteiger partial charge in [-0.1, -0.05) is 0 Å². The van der Waals surface area contributed by atoms with Crippen LogP contribution in [0, 0.1) is 17.1 Å². The molecule has 0 fully saturated rings. The highest BCUT2D eigenvalue weighted by molar-refractivity contribution is 6.11. The van der Waals surface area contributed by atoms with Crippen molar-refractivity contribution in [3.05, 3.63) is 47.5 Å². The van der Waals surface area contributed by atoms with E-state index in [0.717, 1.165) is 6.20 Å². The van der Waals surface area contributed by atoms with Crippen molar-refractivity contribution in [3.63, 3.8) is 0 Å². The molecule has 7 nitrogen and oxygen atoms in total. The Morgan fingerprint density at radius 2 is 2.22 bits per heavy atom. The summed E-state index contributed by atoms with van der Waals surface area (Å²) in [6.45, 7) is 0. The van der Waals surface area contributed by atoms with Gasteiger partial charge in [0.05, 0.1) is 23.4 Å². The second-order valence-electron chi connectivity index (χ2n) is 4.41. The maximum atomic E-state index is 14.1. The summed E-state index contributed by atoms with van der Waals surface area (Å²) in [5, 5.41) is 21.5. The molecule has 1 heterocycles. The number of phenolic OH excluding ortho intramolecular Hbond substituents is 1. The number of phenols is 1. The first-order chi connectivity index (χ1) is 11.0. The number of nitriles is 1. The molecule has 0 spiro atoms. The van der Waals surface area contributed by atoms with Gasteiger partial charge in [0.25, 0.3) is 5.91 Å². The molecule has 116 valence electrons. The van der Waals surface area contributed by atoms with E-state index in [0.29, 0.717) is 0 Å². The van der Waals surface area contributed by atoms with Crippen molar-refractivity contribution in [2.45, 2.75) is 0 Å². The highest BCUT2D eigenvalue weighted by atomic mass is 19.1. The van der Waals surface area contributed by atoms with E-state index >= 15 is 0 Å². The number of nitrogens with one attached hydrogen (secondary N) is 1. The second kappa shape index (κ2) is 6.53. The van der Waals surface area contributed by atoms with Crippen molar-refractivity contribution in [2.75, 3.05) is 7.05 Å². The Hall–Kier alpha value is -3.47. The van der Waals surface area contributed by atoms with E-state index < -0.39 is 17.5 Å². The zero-order chi connectivity index (χ0) is 17.0. The van der Waals surface area contributed by atoms with Gasteiger partial charge in [0, 0.05) is 24.4 Å². The molecule has 0 atom stereocenters. The smallest absolute Gasteiger partial charge is 0.262 e. The minimum absolute atomic E-state index is 0.0186. The van der Waals surface area contributed by atoms with E-state index in [2.05, 4.69) is 15.3 Å². The normalized spacial score (nSPS) is 10.9. The van der Waals surface area contributed by atoms with Crippen LogP contribution in [0.15, 0.2) is 35.6 Å². The van der Waals surface area contributed by atoms with E-state index in [9.17, 15) is 19.6 Å². The van der Waals surface area contributed by atoms with Crippen LogP contribution in [0.4, 0.5) is 4.39 Å². The van der Waals surface area contributed by atoms with Gasteiger partial charge in [0.1, 0.15) is 11.6 Å². The number of guanidine groups is 1. The van der Waals surface area contributed by atoms with Crippen LogP contribution in [-0.2, 0) is 0 Å². The Balaban J connectivity index is 2.74. The maximum absolute atomic E-state index is 14.1. The van der Waals surface area contributed by atoms with Gasteiger partial charge in [0.2, 0.25) is 0 Å². The fourth-order valence-corrected chi connectivity index (χ4v) is 2.01. The van der Waals surface area contributed by atoms with Gasteiger partial charge in [-0.05, 0) is 18.2 Å². The van der Waals surface area contributed by atoms with E-state index in [1.807, 2.05) is 6.07 Å². The molecule has 0 aliphatic rings. The van der Waals surface area contributed by atoms with E-state index in [-0.39, 0.29) is 28.2 Å². The lowest BCUT2D eigenvalue weighted by Gasteiger charge is -2.13. The topological polar surface area (TPSA) is 124 Å². The number of hydrogen-bond donors (Lipinski definition) is 3. The fraction of sp³-hybridized carbons (Fsp3) is 0.0667. The average molecular weight is 313 g/mol. The average Bonchev–Trinajstić information content (AvgIpc) is 2.54. The van der Waals surface area contributed by atoms with Crippen molar-refractivity contribution in [3.8, 4) is 22.9 Å². The molecule has 1 amide bonds. The Kier molecular flexibility index (Phi) is 4.52. The number of rotatable bonds is 2. The minimum Gasteiger partial charge on any atom is -0.507 e. The summed E-state index contributed by atoms with van der Waals surface area (Å²) in [5.41, 5.74) is 5.09. The second-order valence-corrected chi connectivity index (χ2v) is 4.41. The standard InChI is InChI=1S/C15H12FN5O2/c1-19-15(18)21-14(23)13-11(22)3-2-8(6-17)12(13)9-4-5-20-7-10(9)16/h2-5,7,22H,1H3,(H3,18,19,21,23). The van der Waals surface area contributed by atoms with Crippen molar-refractivity contribution in [2.24, 2.45) is 10.7 Å². The summed E-state index contributed by atoms with van der Waals surface area (Å²) in [4.78, 5) is 19.5. The van der Waals surface area contributed by atoms with Gasteiger partial charge < -0.3 is 10.8 Å². The number of carbonyl (C=O) groups excluding carboxylic acids is 1. The van der Waals surface area contributed by atoms with Crippen LogP contribution < -0.4 is 11.1 Å². The molecule has 1 aromatic heterocycles. The molecule has 1 aromatic carbocycles. The van der Waals surface area contributed by atoms with E-state index in [4.69, 9.17) is 5.73 Å². The molecule has 0 unspecified atom stereocenters. The third kappa shape index (κ3) is 3.08. The highest BCUT2D eigenvalue weighted by Crippen LogP contribution is 2.34. The van der Waals surface area contributed by atoms with Crippen LogP contribution in [-0.4, -0.2) is 29.0 Å². The summed E-state index contributed by atoms with van der Waals surface area (Å²) < 4.78 is 14.1. The number of amides is 1. The van der Waals surface area contributed by atoms with Gasteiger partial charge in [-0.2, -0.15) is 5.26 Å². The van der Waals surface area contributed by atoms with Gasteiger partial charge in [-0.25, -0.2) is 4.39 Å². The lowest BCUT2D eigenvalue weighted by molar-refractivity contribution is 0.0974. The number of hydrogen-bond acceptors (Lipinski definition) is 5. The molecule has 0 bridgehead atoms. The van der Waals surface area contributed by atoms with Gasteiger partial charge in [-0.3, -0.25) is 20.1 Å². The summed E-state index contributed by atoms with van der Waals surface area (Å²) in [6, 6.07) is 5.64. The number of nitrogens with two attached hydrogens (primary N) is 1. The van der Waals surface area contributed by atoms with E-state index in [1.165, 1.54) is 31.4 Å². The monoisotopic (exact) mass is 313 g/mol. The van der Waals surface area contributed by atoms with Crippen molar-refractivity contribution >= 4 is 11.9 Å². The first kappa shape index (κ1) is 15.9. The van der Waals surface area contributed by atoms with Gasteiger partial charge >= 0.3 is 0 Å². The molecular weight excluding hydrogens is 301 g/mol. The van der Waals surface area contributed by atoms with Gasteiger partial charge in [0.15, 0.2) is 5.96 Å². The van der Waals surface area contributed by atoms with Crippen LogP contribution in [0.5, 0.6) is 5.75 Å². The van der Waals surface area contributed by atoms with Crippen LogP contribution >= 0.6 is 0 Å². The van der Waals surface area contributed by atoms with Crippen molar-refractivity contribution < 1.29 is 14.3 Å². The fourth-order valence-electron chi connectivity index (χ4n) is 2.01. The Labute approximate surface area is 130 Å². The number of aromatic hydroxyl groups is 1. The first-order valence-corrected chi connectivity index (χ1v) is 6.39. The van der Waals surface area contributed by atoms with Crippen LogP contribution in [0.1, 0.15) is 15.9 Å². The SMILES string of the molecule is CN=C(N)NC(=O)c1c(O)ccc(C#N)c1-c1ccncc1F. The van der Waals surface area contributed by atoms with Crippen molar-refractivity contribution in [1.82, 2.24) is 10.3 Å². The van der Waals surface area contributed by atoms with Crippen LogP contribution in [0.2, 0.25) is 0 Å². The Bertz CT molecular complexity index is 842. The van der Waals surface area contributed by atoms with Crippen LogP contribution in [0.25, 0.3) is 11.1 Å². The molecule has 8 heteroatoms. The zero-order valence-electron chi connectivity index (χ0n) is 12.0. The summed E-state index contributed by atoms with van der Waals surface area (Å²) in [5.74, 6) is -2.15. The molecule has 0 radical (unpaired) electrons. The highest BCUT2D eigenvalue weighted by Gasteiger charge is 2.23. The van der Waals surface area contributed by atoms with Crippen LogP contribution in [0.3, 0.4) is 0 Å². The van der Waals surface area contributed by atoms with Gasteiger partial charge in [-0.15, -0.1) is 0 Å². The molecular formula is C15H12FN5O2. The number of aliphatic imine (C=N–C) groups is 1. The first-order valence-electron chi connectivity index (χ1n) is 6.39. The number of aromatic nitrogens is 1. The number of nitrogens with zero attached hydrogens (tertiary/aromatic N) is 3. The summed E-state index contributed by atoms with van der Waals surface area (Å²) in [7, 11) is 1.37. The van der Waals surface area contributed by atoms with Crippen molar-refractivity contribution in [1.29, 1.82) is 5.26 Å². The number of carbonyl (C=O) groups is 1.